The number of nitrogens with one attached hydrogen (secondary N) is 1. The van der Waals surface area contributed by atoms with Crippen molar-refractivity contribution in [3.63, 3.8) is 0 Å². The lowest BCUT2D eigenvalue weighted by molar-refractivity contribution is 0.160. The van der Waals surface area contributed by atoms with E-state index < -0.39 is 15.1 Å². The number of piperidine rings is 1. The fraction of sp³-hybridized carbons (Fsp3) is 0.458. The number of amides is 2. The monoisotopic (exact) mass is 426 g/mol. The lowest BCUT2D eigenvalue weighted by Gasteiger charge is -2.38. The molecule has 6 heteroatoms. The average Bonchev–Trinajstić information content (AvgIpc) is 2.98. The Morgan fingerprint density at radius 3 is 2.03 bits per heavy atom. The first-order valence-corrected chi connectivity index (χ1v) is 12.2. The summed E-state index contributed by atoms with van der Waals surface area (Å²) >= 11 is 0. The predicted molar refractivity (Wildman–Crippen MR) is 119 cm³/mol. The van der Waals surface area contributed by atoms with E-state index in [9.17, 15) is 13.2 Å². The van der Waals surface area contributed by atoms with Gasteiger partial charge >= 0.3 is 6.03 Å². The van der Waals surface area contributed by atoms with E-state index in [1.165, 1.54) is 5.56 Å². The Morgan fingerprint density at radius 2 is 1.50 bits per heavy atom. The van der Waals surface area contributed by atoms with Gasteiger partial charge in [-0.25, -0.2) is 13.2 Å². The largest absolute Gasteiger partial charge is 0.322 e. The smallest absolute Gasteiger partial charge is 0.318 e. The van der Waals surface area contributed by atoms with Crippen LogP contribution in [-0.4, -0.2) is 36.7 Å². The van der Waals surface area contributed by atoms with Gasteiger partial charge in [0.1, 0.15) is 0 Å². The third kappa shape index (κ3) is 3.97. The highest BCUT2D eigenvalue weighted by Gasteiger charge is 2.47. The Balaban J connectivity index is 1.46. The van der Waals surface area contributed by atoms with Crippen LogP contribution in [0.15, 0.2) is 59.5 Å². The van der Waals surface area contributed by atoms with Crippen molar-refractivity contribution in [3.8, 4) is 0 Å². The summed E-state index contributed by atoms with van der Waals surface area (Å²) in [6.07, 6.45) is 2.73. The standard InChI is InChI=1S/C24H30N2O3S/c1-24(2,3)17-9-11-18(12-10-17)25-23(27)26-19-13-14-20(26)16-22(15-19)30(28,29)21-7-5-4-6-8-21/h4-12,19-20,22H,13-16H2,1-3H3,(H,25,27). The van der Waals surface area contributed by atoms with Crippen molar-refractivity contribution in [3.05, 3.63) is 60.2 Å². The first-order chi connectivity index (χ1) is 14.2. The number of anilines is 1. The highest BCUT2D eigenvalue weighted by molar-refractivity contribution is 7.92. The normalized spacial score (nSPS) is 24.0. The zero-order valence-corrected chi connectivity index (χ0v) is 18.7. The molecule has 2 aromatic rings. The van der Waals surface area contributed by atoms with E-state index in [1.807, 2.05) is 35.2 Å². The molecule has 2 atom stereocenters. The van der Waals surface area contributed by atoms with Crippen LogP contribution >= 0.6 is 0 Å². The molecular formula is C24H30N2O3S. The van der Waals surface area contributed by atoms with E-state index >= 15 is 0 Å². The number of nitrogens with zero attached hydrogens (tertiary/aromatic N) is 1. The first kappa shape index (κ1) is 20.9. The van der Waals surface area contributed by atoms with Gasteiger partial charge in [-0.3, -0.25) is 0 Å². The number of rotatable bonds is 3. The number of sulfone groups is 1. The molecule has 30 heavy (non-hydrogen) atoms. The molecule has 2 aliphatic rings. The average molecular weight is 427 g/mol. The van der Waals surface area contributed by atoms with Gasteiger partial charge < -0.3 is 10.2 Å². The molecule has 2 saturated heterocycles. The van der Waals surface area contributed by atoms with Gasteiger partial charge in [0, 0.05) is 17.8 Å². The summed E-state index contributed by atoms with van der Waals surface area (Å²) in [5, 5.41) is 2.59. The Labute approximate surface area is 179 Å². The molecular weight excluding hydrogens is 396 g/mol. The second kappa shape index (κ2) is 7.73. The van der Waals surface area contributed by atoms with E-state index in [0.29, 0.717) is 17.7 Å². The van der Waals surface area contributed by atoms with Crippen molar-refractivity contribution >= 4 is 21.6 Å². The summed E-state index contributed by atoms with van der Waals surface area (Å²) in [4.78, 5) is 15.3. The maximum atomic E-state index is 13.1. The molecule has 2 amide bonds. The molecule has 4 rings (SSSR count). The molecule has 2 bridgehead atoms. The van der Waals surface area contributed by atoms with Gasteiger partial charge in [0.05, 0.1) is 10.1 Å². The van der Waals surface area contributed by atoms with Gasteiger partial charge in [0.25, 0.3) is 0 Å². The Morgan fingerprint density at radius 1 is 0.933 bits per heavy atom. The molecule has 2 aliphatic heterocycles. The molecule has 160 valence electrons. The van der Waals surface area contributed by atoms with Gasteiger partial charge in [-0.05, 0) is 60.9 Å². The molecule has 0 saturated carbocycles. The minimum absolute atomic E-state index is 0.0268. The second-order valence-electron chi connectivity index (χ2n) is 9.50. The topological polar surface area (TPSA) is 66.5 Å². The number of fused-ring (bicyclic) bond motifs is 2. The SMILES string of the molecule is CC(C)(C)c1ccc(NC(=O)N2C3CCC2CC(S(=O)(=O)c2ccccc2)C3)cc1. The highest BCUT2D eigenvalue weighted by atomic mass is 32.2. The van der Waals surface area contributed by atoms with Crippen LogP contribution in [-0.2, 0) is 15.3 Å². The number of carbonyl (C=O) groups excluding carboxylic acids is 1. The molecule has 2 fully saturated rings. The lowest BCUT2D eigenvalue weighted by Crippen LogP contribution is -2.51. The van der Waals surface area contributed by atoms with Crippen LogP contribution in [0.25, 0.3) is 0 Å². The summed E-state index contributed by atoms with van der Waals surface area (Å²) in [7, 11) is -3.37. The molecule has 2 heterocycles. The molecule has 2 unspecified atom stereocenters. The van der Waals surface area contributed by atoms with E-state index in [0.717, 1.165) is 18.5 Å². The number of benzene rings is 2. The Kier molecular flexibility index (Phi) is 5.39. The van der Waals surface area contributed by atoms with Crippen molar-refractivity contribution in [2.45, 2.75) is 74.1 Å². The molecule has 0 spiro atoms. The van der Waals surface area contributed by atoms with E-state index in [4.69, 9.17) is 0 Å². The molecule has 1 N–H and O–H groups in total. The zero-order valence-electron chi connectivity index (χ0n) is 17.8. The maximum Gasteiger partial charge on any atom is 0.322 e. The zero-order chi connectivity index (χ0) is 21.5. The van der Waals surface area contributed by atoms with Crippen LogP contribution in [0.1, 0.15) is 52.0 Å². The second-order valence-corrected chi connectivity index (χ2v) is 11.7. The summed E-state index contributed by atoms with van der Waals surface area (Å²) in [5.41, 5.74) is 2.05. The van der Waals surface area contributed by atoms with Crippen molar-refractivity contribution in [2.24, 2.45) is 0 Å². The molecule has 5 nitrogen and oxygen atoms in total. The van der Waals surface area contributed by atoms with E-state index in [-0.39, 0.29) is 23.5 Å². The van der Waals surface area contributed by atoms with Crippen LogP contribution in [0, 0.1) is 0 Å². The molecule has 2 aromatic carbocycles. The third-order valence-electron chi connectivity index (χ3n) is 6.44. The summed E-state index contributed by atoms with van der Waals surface area (Å²) in [6, 6.07) is 16.5. The Hall–Kier alpha value is -2.34. The fourth-order valence-corrected chi connectivity index (χ4v) is 6.63. The number of hydrogen-bond donors (Lipinski definition) is 1. The van der Waals surface area contributed by atoms with Crippen molar-refractivity contribution < 1.29 is 13.2 Å². The van der Waals surface area contributed by atoms with Crippen molar-refractivity contribution in [1.29, 1.82) is 0 Å². The van der Waals surface area contributed by atoms with Crippen LogP contribution < -0.4 is 5.32 Å². The van der Waals surface area contributed by atoms with Crippen LogP contribution in [0.2, 0.25) is 0 Å². The molecule has 0 radical (unpaired) electrons. The van der Waals surface area contributed by atoms with Gasteiger partial charge in [-0.1, -0.05) is 51.1 Å². The quantitative estimate of drug-likeness (QED) is 0.752. The van der Waals surface area contributed by atoms with Gasteiger partial charge in [0.2, 0.25) is 0 Å². The van der Waals surface area contributed by atoms with Gasteiger partial charge in [-0.2, -0.15) is 0 Å². The highest BCUT2D eigenvalue weighted by Crippen LogP contribution is 2.40. The first-order valence-electron chi connectivity index (χ1n) is 10.6. The van der Waals surface area contributed by atoms with Crippen molar-refractivity contribution in [1.82, 2.24) is 4.90 Å². The maximum absolute atomic E-state index is 13.1. The summed E-state index contributed by atoms with van der Waals surface area (Å²) < 4.78 is 26.1. The number of carbonyl (C=O) groups is 1. The number of urea groups is 1. The molecule has 0 aliphatic carbocycles. The predicted octanol–water partition coefficient (Wildman–Crippen LogP) is 4.99. The Bertz CT molecular complexity index is 997. The van der Waals surface area contributed by atoms with Crippen LogP contribution in [0.3, 0.4) is 0 Å². The van der Waals surface area contributed by atoms with Gasteiger partial charge in [0.15, 0.2) is 9.84 Å². The minimum Gasteiger partial charge on any atom is -0.318 e. The fourth-order valence-electron chi connectivity index (χ4n) is 4.76. The lowest BCUT2D eigenvalue weighted by atomic mass is 9.87. The van der Waals surface area contributed by atoms with Gasteiger partial charge in [-0.15, -0.1) is 0 Å². The van der Waals surface area contributed by atoms with Crippen LogP contribution in [0.5, 0.6) is 0 Å². The van der Waals surface area contributed by atoms with E-state index in [1.54, 1.807) is 24.3 Å². The summed E-state index contributed by atoms with van der Waals surface area (Å²) in [5.74, 6) is 0. The van der Waals surface area contributed by atoms with Crippen molar-refractivity contribution in [2.75, 3.05) is 5.32 Å². The third-order valence-corrected chi connectivity index (χ3v) is 8.63. The minimum atomic E-state index is -3.37. The number of hydrogen-bond acceptors (Lipinski definition) is 3. The van der Waals surface area contributed by atoms with Crippen LogP contribution in [0.4, 0.5) is 10.5 Å². The molecule has 0 aromatic heterocycles. The summed E-state index contributed by atoms with van der Waals surface area (Å²) in [6.45, 7) is 6.48. The van der Waals surface area contributed by atoms with E-state index in [2.05, 4.69) is 26.1 Å².